The van der Waals surface area contributed by atoms with Crippen LogP contribution >= 0.6 is 11.6 Å². The second-order valence-electron chi connectivity index (χ2n) is 3.83. The van der Waals surface area contributed by atoms with E-state index in [0.717, 1.165) is 16.5 Å². The maximum atomic E-state index is 6.11. The molecule has 0 aliphatic carbocycles. The monoisotopic (exact) mass is 256 g/mol. The molecule has 5 heteroatoms. The molecule has 3 aromatic rings. The molecule has 0 spiro atoms. The molecular formula is C13H9ClN4. The van der Waals surface area contributed by atoms with Crippen LogP contribution < -0.4 is 5.73 Å². The molecule has 88 valence electrons. The lowest BCUT2D eigenvalue weighted by Gasteiger charge is -2.05. The van der Waals surface area contributed by atoms with Crippen molar-refractivity contribution in [1.29, 1.82) is 0 Å². The van der Waals surface area contributed by atoms with Crippen molar-refractivity contribution >= 4 is 28.3 Å². The lowest BCUT2D eigenvalue weighted by Crippen LogP contribution is -1.95. The first-order chi connectivity index (χ1) is 8.75. The molecule has 2 heterocycles. The van der Waals surface area contributed by atoms with E-state index in [1.165, 1.54) is 6.33 Å². The van der Waals surface area contributed by atoms with E-state index in [0.29, 0.717) is 10.7 Å². The van der Waals surface area contributed by atoms with Gasteiger partial charge >= 0.3 is 0 Å². The summed E-state index contributed by atoms with van der Waals surface area (Å²) in [5, 5.41) is 1.44. The quantitative estimate of drug-likeness (QED) is 0.727. The lowest BCUT2D eigenvalue weighted by atomic mass is 10.1. The summed E-state index contributed by atoms with van der Waals surface area (Å²) in [6.45, 7) is 0. The normalized spacial score (nSPS) is 10.7. The summed E-state index contributed by atoms with van der Waals surface area (Å²) in [5.41, 5.74) is 8.06. The molecule has 0 saturated heterocycles. The molecule has 2 aromatic heterocycles. The second-order valence-corrected chi connectivity index (χ2v) is 4.21. The molecule has 2 N–H and O–H groups in total. The number of anilines is 1. The Morgan fingerprint density at radius 3 is 2.83 bits per heavy atom. The Labute approximate surface area is 108 Å². The fourth-order valence-electron chi connectivity index (χ4n) is 1.80. The van der Waals surface area contributed by atoms with E-state index in [1.54, 1.807) is 6.20 Å². The van der Waals surface area contributed by atoms with E-state index in [4.69, 9.17) is 17.3 Å². The zero-order chi connectivity index (χ0) is 12.5. The maximum Gasteiger partial charge on any atom is 0.146 e. The van der Waals surface area contributed by atoms with Crippen molar-refractivity contribution in [3.05, 3.63) is 47.9 Å². The molecule has 0 fully saturated rings. The largest absolute Gasteiger partial charge is 0.382 e. The molecule has 0 saturated carbocycles. The molecule has 0 aliphatic rings. The molecule has 18 heavy (non-hydrogen) atoms. The lowest BCUT2D eigenvalue weighted by molar-refractivity contribution is 1.18. The van der Waals surface area contributed by atoms with E-state index in [1.807, 2.05) is 30.3 Å². The molecule has 0 radical (unpaired) electrons. The average Bonchev–Trinajstić information content (AvgIpc) is 2.41. The van der Waals surface area contributed by atoms with Crippen molar-refractivity contribution in [3.63, 3.8) is 0 Å². The number of fused-ring (bicyclic) bond motifs is 1. The van der Waals surface area contributed by atoms with Gasteiger partial charge in [0.15, 0.2) is 0 Å². The highest BCUT2D eigenvalue weighted by Gasteiger charge is 2.09. The van der Waals surface area contributed by atoms with Gasteiger partial charge in [-0.15, -0.1) is 0 Å². The van der Waals surface area contributed by atoms with Gasteiger partial charge < -0.3 is 5.73 Å². The highest BCUT2D eigenvalue weighted by atomic mass is 35.5. The standard InChI is InChI=1S/C13H9ClN4/c14-11-12(17-7-18-13(11)15)9-4-3-8-2-1-5-16-10(8)6-9/h1-7H,(H2,15,17,18). The van der Waals surface area contributed by atoms with E-state index in [2.05, 4.69) is 15.0 Å². The zero-order valence-corrected chi connectivity index (χ0v) is 10.1. The third-order valence-electron chi connectivity index (χ3n) is 2.70. The van der Waals surface area contributed by atoms with Gasteiger partial charge in [0, 0.05) is 17.1 Å². The molecule has 0 atom stereocenters. The van der Waals surface area contributed by atoms with Crippen LogP contribution in [0.5, 0.6) is 0 Å². The number of rotatable bonds is 1. The topological polar surface area (TPSA) is 64.7 Å². The molecule has 4 nitrogen and oxygen atoms in total. The zero-order valence-electron chi connectivity index (χ0n) is 9.34. The van der Waals surface area contributed by atoms with Crippen LogP contribution in [0.3, 0.4) is 0 Å². The minimum atomic E-state index is 0.280. The number of halogens is 1. The van der Waals surface area contributed by atoms with Gasteiger partial charge in [-0.25, -0.2) is 9.97 Å². The fraction of sp³-hybridized carbons (Fsp3) is 0. The molecule has 0 bridgehead atoms. The first kappa shape index (κ1) is 10.9. The Hall–Kier alpha value is -2.20. The number of benzene rings is 1. The first-order valence-electron chi connectivity index (χ1n) is 5.37. The van der Waals surface area contributed by atoms with Crippen LogP contribution in [0.2, 0.25) is 5.02 Å². The molecule has 1 aromatic carbocycles. The Kier molecular flexibility index (Phi) is 2.57. The average molecular weight is 257 g/mol. The number of aromatic nitrogens is 3. The van der Waals surface area contributed by atoms with Crippen molar-refractivity contribution in [1.82, 2.24) is 15.0 Å². The van der Waals surface area contributed by atoms with Gasteiger partial charge in [0.1, 0.15) is 17.2 Å². The van der Waals surface area contributed by atoms with E-state index in [9.17, 15) is 0 Å². The SMILES string of the molecule is Nc1ncnc(-c2ccc3cccnc3c2)c1Cl. The van der Waals surface area contributed by atoms with Crippen LogP contribution in [-0.4, -0.2) is 15.0 Å². The predicted molar refractivity (Wildman–Crippen MR) is 72.2 cm³/mol. The van der Waals surface area contributed by atoms with Crippen LogP contribution in [0.25, 0.3) is 22.2 Å². The van der Waals surface area contributed by atoms with Gasteiger partial charge in [0.05, 0.1) is 11.2 Å². The molecule has 3 rings (SSSR count). The summed E-state index contributed by atoms with van der Waals surface area (Å²) >= 11 is 6.11. The molecule has 0 amide bonds. The van der Waals surface area contributed by atoms with E-state index >= 15 is 0 Å². The third kappa shape index (κ3) is 1.76. The van der Waals surface area contributed by atoms with Gasteiger partial charge in [-0.05, 0) is 12.1 Å². The number of pyridine rings is 1. The van der Waals surface area contributed by atoms with Crippen molar-refractivity contribution in [3.8, 4) is 11.3 Å². The molecule has 0 aliphatic heterocycles. The summed E-state index contributed by atoms with van der Waals surface area (Å²) < 4.78 is 0. The third-order valence-corrected chi connectivity index (χ3v) is 3.07. The number of nitrogens with two attached hydrogens (primary N) is 1. The van der Waals surface area contributed by atoms with Crippen molar-refractivity contribution < 1.29 is 0 Å². The number of nitrogen functional groups attached to an aromatic ring is 1. The summed E-state index contributed by atoms with van der Waals surface area (Å²) in [5.74, 6) is 0.280. The van der Waals surface area contributed by atoms with Gasteiger partial charge in [-0.1, -0.05) is 29.8 Å². The van der Waals surface area contributed by atoms with Crippen molar-refractivity contribution in [2.45, 2.75) is 0 Å². The van der Waals surface area contributed by atoms with Crippen molar-refractivity contribution in [2.24, 2.45) is 0 Å². The summed E-state index contributed by atoms with van der Waals surface area (Å²) in [6.07, 6.45) is 3.15. The second kappa shape index (κ2) is 4.23. The van der Waals surface area contributed by atoms with E-state index < -0.39 is 0 Å². The number of hydrogen-bond acceptors (Lipinski definition) is 4. The number of hydrogen-bond donors (Lipinski definition) is 1. The van der Waals surface area contributed by atoms with Crippen LogP contribution in [0, 0.1) is 0 Å². The molecule has 0 unspecified atom stereocenters. The summed E-state index contributed by atoms with van der Waals surface area (Å²) in [4.78, 5) is 12.3. The highest BCUT2D eigenvalue weighted by Crippen LogP contribution is 2.30. The highest BCUT2D eigenvalue weighted by molar-refractivity contribution is 6.35. The fourth-order valence-corrected chi connectivity index (χ4v) is 2.01. The van der Waals surface area contributed by atoms with Gasteiger partial charge in [-0.3, -0.25) is 4.98 Å². The summed E-state index contributed by atoms with van der Waals surface area (Å²) in [7, 11) is 0. The smallest absolute Gasteiger partial charge is 0.146 e. The predicted octanol–water partition coefficient (Wildman–Crippen LogP) is 2.93. The van der Waals surface area contributed by atoms with Crippen LogP contribution in [-0.2, 0) is 0 Å². The van der Waals surface area contributed by atoms with Crippen LogP contribution in [0.1, 0.15) is 0 Å². The van der Waals surface area contributed by atoms with Crippen molar-refractivity contribution in [2.75, 3.05) is 5.73 Å². The number of nitrogens with zero attached hydrogens (tertiary/aromatic N) is 3. The molecular weight excluding hydrogens is 248 g/mol. The Bertz CT molecular complexity index is 727. The maximum absolute atomic E-state index is 6.11. The van der Waals surface area contributed by atoms with Gasteiger partial charge in [0.2, 0.25) is 0 Å². The van der Waals surface area contributed by atoms with Gasteiger partial charge in [-0.2, -0.15) is 0 Å². The minimum Gasteiger partial charge on any atom is -0.382 e. The Morgan fingerprint density at radius 1 is 1.06 bits per heavy atom. The van der Waals surface area contributed by atoms with E-state index in [-0.39, 0.29) is 5.82 Å². The first-order valence-corrected chi connectivity index (χ1v) is 5.74. The van der Waals surface area contributed by atoms with Crippen LogP contribution in [0.4, 0.5) is 5.82 Å². The Morgan fingerprint density at radius 2 is 1.94 bits per heavy atom. The minimum absolute atomic E-state index is 0.280. The van der Waals surface area contributed by atoms with Crippen LogP contribution in [0.15, 0.2) is 42.9 Å². The van der Waals surface area contributed by atoms with Gasteiger partial charge in [0.25, 0.3) is 0 Å². The Balaban J connectivity index is 2.22. The summed E-state index contributed by atoms with van der Waals surface area (Å²) in [6, 6.07) is 9.76.